The van der Waals surface area contributed by atoms with Crippen molar-refractivity contribution in [3.63, 3.8) is 0 Å². The van der Waals surface area contributed by atoms with Crippen molar-refractivity contribution >= 4 is 21.8 Å². The molecule has 1 aromatic heterocycles. The molecule has 1 fully saturated rings. The van der Waals surface area contributed by atoms with E-state index in [1.165, 1.54) is 0 Å². The number of halogens is 1. The molecule has 0 saturated carbocycles. The summed E-state index contributed by atoms with van der Waals surface area (Å²) in [6.07, 6.45) is 1.97. The van der Waals surface area contributed by atoms with Gasteiger partial charge in [-0.25, -0.2) is 4.98 Å². The molecule has 2 unspecified atom stereocenters. The Morgan fingerprint density at radius 1 is 1.59 bits per heavy atom. The number of aliphatic hydroxyl groups is 1. The third-order valence-corrected chi connectivity index (χ3v) is 3.56. The van der Waals surface area contributed by atoms with E-state index in [1.807, 2.05) is 13.0 Å². The molecule has 0 aliphatic carbocycles. The highest BCUT2D eigenvalue weighted by Crippen LogP contribution is 2.18. The number of amides is 1. The number of pyridine rings is 1. The summed E-state index contributed by atoms with van der Waals surface area (Å²) in [5.41, 5.74) is 0.455. The van der Waals surface area contributed by atoms with Crippen LogP contribution >= 0.6 is 15.9 Å². The van der Waals surface area contributed by atoms with Crippen LogP contribution in [-0.2, 0) is 0 Å². The average Bonchev–Trinajstić information content (AvgIpc) is 2.33. The Bertz CT molecular complexity index is 407. The molecule has 5 heteroatoms. The monoisotopic (exact) mass is 298 g/mol. The normalized spacial score (nSPS) is 24.8. The lowest BCUT2D eigenvalue weighted by molar-refractivity contribution is 0.0294. The van der Waals surface area contributed by atoms with E-state index in [1.54, 1.807) is 17.2 Å². The molecule has 1 N–H and O–H groups in total. The number of hydrogen-bond donors (Lipinski definition) is 1. The summed E-state index contributed by atoms with van der Waals surface area (Å²) >= 11 is 3.29. The molecule has 0 spiro atoms. The van der Waals surface area contributed by atoms with Crippen LogP contribution in [0.3, 0.4) is 0 Å². The third kappa shape index (κ3) is 2.84. The summed E-state index contributed by atoms with van der Waals surface area (Å²) in [5, 5.41) is 9.62. The van der Waals surface area contributed by atoms with Crippen LogP contribution < -0.4 is 0 Å². The first-order valence-electron chi connectivity index (χ1n) is 5.67. The van der Waals surface area contributed by atoms with E-state index in [2.05, 4.69) is 20.9 Å². The minimum atomic E-state index is -0.295. The van der Waals surface area contributed by atoms with Crippen LogP contribution in [-0.4, -0.2) is 40.1 Å². The fourth-order valence-corrected chi connectivity index (χ4v) is 2.22. The van der Waals surface area contributed by atoms with Crippen molar-refractivity contribution in [3.05, 3.63) is 28.5 Å². The first-order valence-corrected chi connectivity index (χ1v) is 6.46. The van der Waals surface area contributed by atoms with Gasteiger partial charge in [0.1, 0.15) is 5.69 Å². The van der Waals surface area contributed by atoms with Gasteiger partial charge in [-0.1, -0.05) is 6.92 Å². The first-order chi connectivity index (χ1) is 8.08. The average molecular weight is 299 g/mol. The zero-order valence-corrected chi connectivity index (χ0v) is 11.2. The molecule has 17 heavy (non-hydrogen) atoms. The number of piperidine rings is 1. The Balaban J connectivity index is 2.08. The second kappa shape index (κ2) is 5.14. The van der Waals surface area contributed by atoms with E-state index in [9.17, 15) is 9.90 Å². The summed E-state index contributed by atoms with van der Waals surface area (Å²) in [6, 6.07) is 3.52. The van der Waals surface area contributed by atoms with Crippen LogP contribution in [0.2, 0.25) is 0 Å². The fraction of sp³-hybridized carbons (Fsp3) is 0.500. The molecule has 2 heterocycles. The standard InChI is InChI=1S/C12H15BrN2O2/c1-8-7-15(5-4-11(8)16)12(17)10-3-2-9(13)6-14-10/h2-3,6,8,11,16H,4-5,7H2,1H3. The van der Waals surface area contributed by atoms with Crippen LogP contribution in [0.25, 0.3) is 0 Å². The van der Waals surface area contributed by atoms with Crippen molar-refractivity contribution in [1.29, 1.82) is 0 Å². The molecule has 2 rings (SSSR count). The van der Waals surface area contributed by atoms with Crippen LogP contribution in [0, 0.1) is 5.92 Å². The lowest BCUT2D eigenvalue weighted by Gasteiger charge is -2.34. The molecule has 1 aliphatic heterocycles. The van der Waals surface area contributed by atoms with E-state index < -0.39 is 0 Å². The minimum Gasteiger partial charge on any atom is -0.393 e. The van der Waals surface area contributed by atoms with Crippen LogP contribution in [0.4, 0.5) is 0 Å². The molecule has 0 aromatic carbocycles. The molecule has 1 saturated heterocycles. The highest BCUT2D eigenvalue weighted by Gasteiger charge is 2.28. The van der Waals surface area contributed by atoms with Crippen LogP contribution in [0.15, 0.2) is 22.8 Å². The summed E-state index contributed by atoms with van der Waals surface area (Å²) < 4.78 is 0.858. The molecular weight excluding hydrogens is 284 g/mol. The predicted octanol–water partition coefficient (Wildman–Crippen LogP) is 1.69. The SMILES string of the molecule is CC1CN(C(=O)c2ccc(Br)cn2)CCC1O. The van der Waals surface area contributed by atoms with E-state index in [0.717, 1.165) is 4.47 Å². The molecule has 1 aliphatic rings. The first kappa shape index (κ1) is 12.5. The Labute approximate surface area is 109 Å². The van der Waals surface area contributed by atoms with Gasteiger partial charge in [-0.15, -0.1) is 0 Å². The van der Waals surface area contributed by atoms with Crippen molar-refractivity contribution < 1.29 is 9.90 Å². The number of hydrogen-bond acceptors (Lipinski definition) is 3. The van der Waals surface area contributed by atoms with Gasteiger partial charge in [0.05, 0.1) is 6.10 Å². The van der Waals surface area contributed by atoms with E-state index in [4.69, 9.17) is 0 Å². The topological polar surface area (TPSA) is 53.4 Å². The van der Waals surface area contributed by atoms with Crippen LogP contribution in [0.1, 0.15) is 23.8 Å². The number of rotatable bonds is 1. The Morgan fingerprint density at radius 3 is 2.94 bits per heavy atom. The van der Waals surface area contributed by atoms with E-state index in [0.29, 0.717) is 25.2 Å². The van der Waals surface area contributed by atoms with Gasteiger partial charge < -0.3 is 10.0 Å². The van der Waals surface area contributed by atoms with Crippen molar-refractivity contribution in [3.8, 4) is 0 Å². The van der Waals surface area contributed by atoms with Crippen LogP contribution in [0.5, 0.6) is 0 Å². The molecule has 0 bridgehead atoms. The van der Waals surface area contributed by atoms with Crippen molar-refractivity contribution in [2.75, 3.05) is 13.1 Å². The Kier molecular flexibility index (Phi) is 3.79. The maximum atomic E-state index is 12.1. The summed E-state index contributed by atoms with van der Waals surface area (Å²) in [5.74, 6) is 0.0689. The van der Waals surface area contributed by atoms with E-state index >= 15 is 0 Å². The Morgan fingerprint density at radius 2 is 2.35 bits per heavy atom. The second-order valence-electron chi connectivity index (χ2n) is 4.45. The summed E-state index contributed by atoms with van der Waals surface area (Å²) in [6.45, 7) is 3.15. The molecule has 92 valence electrons. The number of likely N-dealkylation sites (tertiary alicyclic amines) is 1. The summed E-state index contributed by atoms with van der Waals surface area (Å²) in [7, 11) is 0. The molecule has 0 radical (unpaired) electrons. The molecule has 2 atom stereocenters. The number of carbonyl (C=O) groups excluding carboxylic acids is 1. The smallest absolute Gasteiger partial charge is 0.272 e. The lowest BCUT2D eigenvalue weighted by atomic mass is 9.96. The minimum absolute atomic E-state index is 0.0590. The highest BCUT2D eigenvalue weighted by atomic mass is 79.9. The maximum absolute atomic E-state index is 12.1. The number of aliphatic hydroxyl groups excluding tert-OH is 1. The molecule has 1 aromatic rings. The lowest BCUT2D eigenvalue weighted by Crippen LogP contribution is -2.45. The van der Waals surface area contributed by atoms with E-state index in [-0.39, 0.29) is 17.9 Å². The number of carbonyl (C=O) groups is 1. The van der Waals surface area contributed by atoms with Gasteiger partial charge in [0.2, 0.25) is 0 Å². The van der Waals surface area contributed by atoms with Gasteiger partial charge in [0.15, 0.2) is 0 Å². The van der Waals surface area contributed by atoms with Crippen molar-refractivity contribution in [2.24, 2.45) is 5.92 Å². The third-order valence-electron chi connectivity index (χ3n) is 3.09. The maximum Gasteiger partial charge on any atom is 0.272 e. The van der Waals surface area contributed by atoms with Gasteiger partial charge in [-0.05, 0) is 40.4 Å². The number of aromatic nitrogens is 1. The fourth-order valence-electron chi connectivity index (χ4n) is 1.98. The summed E-state index contributed by atoms with van der Waals surface area (Å²) in [4.78, 5) is 18.0. The van der Waals surface area contributed by atoms with Crippen molar-refractivity contribution in [2.45, 2.75) is 19.4 Å². The molecule has 4 nitrogen and oxygen atoms in total. The largest absolute Gasteiger partial charge is 0.393 e. The Hall–Kier alpha value is -0.940. The molecule has 1 amide bonds. The van der Waals surface area contributed by atoms with Gasteiger partial charge in [-0.3, -0.25) is 4.79 Å². The zero-order chi connectivity index (χ0) is 12.4. The van der Waals surface area contributed by atoms with Gasteiger partial charge in [-0.2, -0.15) is 0 Å². The zero-order valence-electron chi connectivity index (χ0n) is 9.64. The van der Waals surface area contributed by atoms with Gasteiger partial charge in [0.25, 0.3) is 5.91 Å². The highest BCUT2D eigenvalue weighted by molar-refractivity contribution is 9.10. The number of nitrogens with zero attached hydrogens (tertiary/aromatic N) is 2. The quantitative estimate of drug-likeness (QED) is 0.858. The van der Waals surface area contributed by atoms with Gasteiger partial charge >= 0.3 is 0 Å². The van der Waals surface area contributed by atoms with Crippen molar-refractivity contribution in [1.82, 2.24) is 9.88 Å². The molecular formula is C12H15BrN2O2. The second-order valence-corrected chi connectivity index (χ2v) is 5.36. The van der Waals surface area contributed by atoms with Gasteiger partial charge in [0, 0.05) is 23.8 Å². The predicted molar refractivity (Wildman–Crippen MR) is 67.6 cm³/mol.